The number of hydrogen-bond donors (Lipinski definition) is 1. The normalized spacial score (nSPS) is 34.0. The van der Waals surface area contributed by atoms with Crippen LogP contribution in [0.25, 0.3) is 0 Å². The molecule has 0 aromatic rings. The van der Waals surface area contributed by atoms with Gasteiger partial charge in [-0.25, -0.2) is 0 Å². The lowest BCUT2D eigenvalue weighted by Gasteiger charge is -2.45. The zero-order valence-corrected chi connectivity index (χ0v) is 12.4. The predicted molar refractivity (Wildman–Crippen MR) is 75.6 cm³/mol. The summed E-state index contributed by atoms with van der Waals surface area (Å²) in [6.07, 6.45) is 6.68. The molecule has 2 fully saturated rings. The summed E-state index contributed by atoms with van der Waals surface area (Å²) in [4.78, 5) is 2.66. The minimum absolute atomic E-state index is 0.278. The molecule has 0 radical (unpaired) electrons. The van der Waals surface area contributed by atoms with E-state index in [9.17, 15) is 0 Å². The largest absolute Gasteiger partial charge is 0.378 e. The second-order valence-corrected chi connectivity index (χ2v) is 6.91. The molecule has 0 bridgehead atoms. The second-order valence-electron chi connectivity index (χ2n) is 6.91. The van der Waals surface area contributed by atoms with Crippen LogP contribution in [0.5, 0.6) is 0 Å². The van der Waals surface area contributed by atoms with E-state index in [1.165, 1.54) is 32.1 Å². The maximum atomic E-state index is 6.14. The van der Waals surface area contributed by atoms with Gasteiger partial charge in [-0.1, -0.05) is 13.8 Å². The molecule has 1 unspecified atom stereocenters. The van der Waals surface area contributed by atoms with Crippen molar-refractivity contribution in [1.29, 1.82) is 0 Å². The number of rotatable bonds is 4. The molecular formula is C15H30N2O. The SMILES string of the molecule is CCOC1CCN(C2(CN)CCC(C)(C)C2)CC1. The summed E-state index contributed by atoms with van der Waals surface area (Å²) in [6, 6.07) is 0. The van der Waals surface area contributed by atoms with Crippen LogP contribution in [0.4, 0.5) is 0 Å². The molecule has 106 valence electrons. The summed E-state index contributed by atoms with van der Waals surface area (Å²) in [5.41, 5.74) is 6.89. The number of hydrogen-bond acceptors (Lipinski definition) is 3. The Kier molecular flexibility index (Phi) is 4.35. The van der Waals surface area contributed by atoms with Crippen molar-refractivity contribution >= 4 is 0 Å². The molecule has 0 aromatic heterocycles. The highest BCUT2D eigenvalue weighted by atomic mass is 16.5. The van der Waals surface area contributed by atoms with Crippen molar-refractivity contribution in [2.45, 2.75) is 64.5 Å². The minimum Gasteiger partial charge on any atom is -0.378 e. The number of ether oxygens (including phenoxy) is 1. The Bertz CT molecular complexity index is 272. The maximum absolute atomic E-state index is 6.14. The van der Waals surface area contributed by atoms with Gasteiger partial charge in [-0.05, 0) is 44.4 Å². The van der Waals surface area contributed by atoms with Gasteiger partial charge in [0.05, 0.1) is 6.10 Å². The van der Waals surface area contributed by atoms with Gasteiger partial charge in [0.25, 0.3) is 0 Å². The van der Waals surface area contributed by atoms with Gasteiger partial charge in [0, 0.05) is 31.8 Å². The molecule has 18 heavy (non-hydrogen) atoms. The molecule has 1 heterocycles. The molecule has 2 aliphatic rings. The van der Waals surface area contributed by atoms with Crippen LogP contribution in [-0.2, 0) is 4.74 Å². The lowest BCUT2D eigenvalue weighted by Crippen LogP contribution is -2.56. The van der Waals surface area contributed by atoms with E-state index in [0.29, 0.717) is 11.5 Å². The van der Waals surface area contributed by atoms with E-state index in [4.69, 9.17) is 10.5 Å². The van der Waals surface area contributed by atoms with Crippen LogP contribution in [0.1, 0.15) is 52.9 Å². The first kappa shape index (κ1) is 14.3. The van der Waals surface area contributed by atoms with Gasteiger partial charge >= 0.3 is 0 Å². The topological polar surface area (TPSA) is 38.5 Å². The molecule has 2 rings (SSSR count). The first-order chi connectivity index (χ1) is 8.51. The van der Waals surface area contributed by atoms with E-state index in [-0.39, 0.29) is 5.54 Å². The van der Waals surface area contributed by atoms with Crippen LogP contribution in [0.3, 0.4) is 0 Å². The molecule has 1 saturated carbocycles. The third-order valence-corrected chi connectivity index (χ3v) is 4.97. The zero-order valence-electron chi connectivity index (χ0n) is 12.4. The second kappa shape index (κ2) is 5.48. The summed E-state index contributed by atoms with van der Waals surface area (Å²) in [6.45, 7) is 10.9. The van der Waals surface area contributed by atoms with Gasteiger partial charge in [0.2, 0.25) is 0 Å². The third kappa shape index (κ3) is 2.89. The average molecular weight is 254 g/mol. The molecular weight excluding hydrogens is 224 g/mol. The monoisotopic (exact) mass is 254 g/mol. The lowest BCUT2D eigenvalue weighted by atomic mass is 9.85. The summed E-state index contributed by atoms with van der Waals surface area (Å²) < 4.78 is 5.74. The van der Waals surface area contributed by atoms with Crippen LogP contribution < -0.4 is 5.73 Å². The van der Waals surface area contributed by atoms with Crippen LogP contribution in [0, 0.1) is 5.41 Å². The van der Waals surface area contributed by atoms with Crippen molar-refractivity contribution in [2.24, 2.45) is 11.1 Å². The first-order valence-electron chi connectivity index (χ1n) is 7.58. The van der Waals surface area contributed by atoms with Gasteiger partial charge in [-0.3, -0.25) is 4.90 Å². The van der Waals surface area contributed by atoms with E-state index in [1.54, 1.807) is 0 Å². The first-order valence-corrected chi connectivity index (χ1v) is 7.58. The molecule has 0 amide bonds. The van der Waals surface area contributed by atoms with Crippen molar-refractivity contribution in [3.05, 3.63) is 0 Å². The highest BCUT2D eigenvalue weighted by molar-refractivity contribution is 5.03. The summed E-state index contributed by atoms with van der Waals surface area (Å²) >= 11 is 0. The zero-order chi connectivity index (χ0) is 13.2. The molecule has 3 heteroatoms. The Labute approximate surface area is 112 Å². The molecule has 0 spiro atoms. The Morgan fingerprint density at radius 2 is 1.89 bits per heavy atom. The minimum atomic E-state index is 0.278. The van der Waals surface area contributed by atoms with Crippen molar-refractivity contribution in [3.63, 3.8) is 0 Å². The number of likely N-dealkylation sites (tertiary alicyclic amines) is 1. The molecule has 1 atom stereocenters. The van der Waals surface area contributed by atoms with Gasteiger partial charge in [0.1, 0.15) is 0 Å². The Hall–Kier alpha value is -0.120. The quantitative estimate of drug-likeness (QED) is 0.837. The van der Waals surface area contributed by atoms with E-state index in [1.807, 2.05) is 0 Å². The predicted octanol–water partition coefficient (Wildman–Crippen LogP) is 2.39. The highest BCUT2D eigenvalue weighted by Gasteiger charge is 2.46. The fourth-order valence-corrected chi connectivity index (χ4v) is 3.94. The standard InChI is InChI=1S/C15H30N2O/c1-4-18-13-5-9-17(10-6-13)15(12-16)8-7-14(2,3)11-15/h13H,4-12,16H2,1-3H3. The van der Waals surface area contributed by atoms with Crippen molar-refractivity contribution in [3.8, 4) is 0 Å². The van der Waals surface area contributed by atoms with Crippen LogP contribution in [0.15, 0.2) is 0 Å². The number of nitrogens with zero attached hydrogens (tertiary/aromatic N) is 1. The maximum Gasteiger partial charge on any atom is 0.0599 e. The highest BCUT2D eigenvalue weighted by Crippen LogP contribution is 2.46. The summed E-state index contributed by atoms with van der Waals surface area (Å²) in [5, 5.41) is 0. The Balaban J connectivity index is 1.95. The molecule has 2 N–H and O–H groups in total. The molecule has 1 saturated heterocycles. The van der Waals surface area contributed by atoms with Crippen LogP contribution in [-0.4, -0.2) is 42.8 Å². The summed E-state index contributed by atoms with van der Waals surface area (Å²) in [7, 11) is 0. The van der Waals surface area contributed by atoms with Gasteiger partial charge in [-0.2, -0.15) is 0 Å². The van der Waals surface area contributed by atoms with E-state index in [0.717, 1.165) is 26.2 Å². The lowest BCUT2D eigenvalue weighted by molar-refractivity contribution is -0.0190. The van der Waals surface area contributed by atoms with Crippen LogP contribution in [0.2, 0.25) is 0 Å². The number of piperidine rings is 1. The Morgan fingerprint density at radius 3 is 2.33 bits per heavy atom. The fraction of sp³-hybridized carbons (Fsp3) is 1.00. The Morgan fingerprint density at radius 1 is 1.22 bits per heavy atom. The van der Waals surface area contributed by atoms with E-state index >= 15 is 0 Å². The third-order valence-electron chi connectivity index (χ3n) is 4.97. The van der Waals surface area contributed by atoms with Gasteiger partial charge in [-0.15, -0.1) is 0 Å². The van der Waals surface area contributed by atoms with Crippen molar-refractivity contribution in [1.82, 2.24) is 4.90 Å². The van der Waals surface area contributed by atoms with Gasteiger partial charge < -0.3 is 10.5 Å². The molecule has 3 nitrogen and oxygen atoms in total. The van der Waals surface area contributed by atoms with Crippen molar-refractivity contribution < 1.29 is 4.74 Å². The van der Waals surface area contributed by atoms with Crippen LogP contribution >= 0.6 is 0 Å². The van der Waals surface area contributed by atoms with E-state index in [2.05, 4.69) is 25.7 Å². The fourth-order valence-electron chi connectivity index (χ4n) is 3.94. The van der Waals surface area contributed by atoms with E-state index < -0.39 is 0 Å². The smallest absolute Gasteiger partial charge is 0.0599 e. The average Bonchev–Trinajstić information content (AvgIpc) is 2.68. The number of nitrogens with two attached hydrogens (primary N) is 1. The van der Waals surface area contributed by atoms with Crippen molar-refractivity contribution in [2.75, 3.05) is 26.2 Å². The molecule has 1 aliphatic carbocycles. The summed E-state index contributed by atoms with van der Waals surface area (Å²) in [5.74, 6) is 0. The molecule has 1 aliphatic heterocycles. The van der Waals surface area contributed by atoms with Gasteiger partial charge in [0.15, 0.2) is 0 Å². The molecule has 0 aromatic carbocycles.